The van der Waals surface area contributed by atoms with Crippen molar-refractivity contribution in [1.82, 2.24) is 4.90 Å². The summed E-state index contributed by atoms with van der Waals surface area (Å²) >= 11 is 6.31. The first-order chi connectivity index (χ1) is 13.7. The van der Waals surface area contributed by atoms with Gasteiger partial charge < -0.3 is 9.80 Å². The third kappa shape index (κ3) is 4.18. The lowest BCUT2D eigenvalue weighted by molar-refractivity contribution is -0.688. The van der Waals surface area contributed by atoms with Crippen LogP contribution in [0.3, 0.4) is 0 Å². The number of carbonyl (C=O) groups is 1. The predicted octanol–water partition coefficient (Wildman–Crippen LogP) is 3.64. The molecule has 3 aromatic rings. The monoisotopic (exact) mass is 392 g/mol. The van der Waals surface area contributed by atoms with E-state index in [1.54, 1.807) is 0 Å². The number of para-hydroxylation sites is 1. The first-order valence-corrected chi connectivity index (χ1v) is 9.90. The van der Waals surface area contributed by atoms with Gasteiger partial charge in [0, 0.05) is 37.8 Å². The van der Waals surface area contributed by atoms with Gasteiger partial charge in [-0.1, -0.05) is 54.1 Å². The Kier molecular flexibility index (Phi) is 5.58. The molecule has 1 aromatic heterocycles. The lowest BCUT2D eigenvalue weighted by Crippen LogP contribution is -2.49. The summed E-state index contributed by atoms with van der Waals surface area (Å²) in [6, 6.07) is 22.0. The van der Waals surface area contributed by atoms with E-state index < -0.39 is 0 Å². The number of rotatable bonds is 4. The van der Waals surface area contributed by atoms with Crippen molar-refractivity contribution in [3.8, 4) is 0 Å². The van der Waals surface area contributed by atoms with Crippen LogP contribution in [0.25, 0.3) is 0 Å². The van der Waals surface area contributed by atoms with Crippen molar-refractivity contribution in [2.75, 3.05) is 31.1 Å². The molecule has 2 aromatic carbocycles. The van der Waals surface area contributed by atoms with Crippen LogP contribution in [0.1, 0.15) is 15.9 Å². The van der Waals surface area contributed by atoms with Gasteiger partial charge in [0.1, 0.15) is 5.56 Å². The Bertz CT molecular complexity index is 953. The summed E-state index contributed by atoms with van der Waals surface area (Å²) in [6.45, 7) is 3.70. The summed E-state index contributed by atoms with van der Waals surface area (Å²) in [5.74, 6) is 0.0845. The topological polar surface area (TPSA) is 27.4 Å². The first kappa shape index (κ1) is 18.5. The number of piperazine rings is 1. The summed E-state index contributed by atoms with van der Waals surface area (Å²) in [6.07, 6.45) is 3.94. The molecule has 0 spiro atoms. The van der Waals surface area contributed by atoms with Crippen molar-refractivity contribution < 1.29 is 9.36 Å². The number of nitrogens with zero attached hydrogens (tertiary/aromatic N) is 3. The van der Waals surface area contributed by atoms with Crippen molar-refractivity contribution in [3.63, 3.8) is 0 Å². The minimum Gasteiger partial charge on any atom is -0.367 e. The molecule has 0 aliphatic carbocycles. The third-order valence-corrected chi connectivity index (χ3v) is 5.39. The molecule has 5 heteroatoms. The van der Waals surface area contributed by atoms with Crippen LogP contribution in [0, 0.1) is 0 Å². The molecule has 0 unspecified atom stereocenters. The molecule has 142 valence electrons. The number of anilines is 1. The summed E-state index contributed by atoms with van der Waals surface area (Å²) in [4.78, 5) is 17.2. The molecule has 0 N–H and O–H groups in total. The molecular weight excluding hydrogens is 370 g/mol. The van der Waals surface area contributed by atoms with Gasteiger partial charge in [0.05, 0.1) is 10.7 Å². The quantitative estimate of drug-likeness (QED) is 0.634. The number of hydrogen-bond donors (Lipinski definition) is 0. The van der Waals surface area contributed by atoms with Gasteiger partial charge in [-0.3, -0.25) is 4.79 Å². The van der Waals surface area contributed by atoms with Crippen LogP contribution in [0.5, 0.6) is 0 Å². The Morgan fingerprint density at radius 1 is 0.893 bits per heavy atom. The molecule has 4 nitrogen and oxygen atoms in total. The summed E-state index contributed by atoms with van der Waals surface area (Å²) in [5.41, 5.74) is 2.98. The highest BCUT2D eigenvalue weighted by molar-refractivity contribution is 6.33. The maximum Gasteiger partial charge on any atom is 0.260 e. The molecule has 1 fully saturated rings. The van der Waals surface area contributed by atoms with Gasteiger partial charge in [0.25, 0.3) is 5.91 Å². The molecule has 0 radical (unpaired) electrons. The molecule has 1 saturated heterocycles. The molecule has 1 aliphatic heterocycles. The second-order valence-electron chi connectivity index (χ2n) is 6.98. The van der Waals surface area contributed by atoms with Crippen molar-refractivity contribution in [3.05, 3.63) is 95.3 Å². The number of halogens is 1. The van der Waals surface area contributed by atoms with E-state index in [0.717, 1.165) is 35.9 Å². The number of pyridine rings is 1. The van der Waals surface area contributed by atoms with Gasteiger partial charge in [-0.15, -0.1) is 0 Å². The highest BCUT2D eigenvalue weighted by atomic mass is 35.5. The molecule has 4 rings (SSSR count). The van der Waals surface area contributed by atoms with Gasteiger partial charge in [-0.25, -0.2) is 0 Å². The predicted molar refractivity (Wildman–Crippen MR) is 112 cm³/mol. The second kappa shape index (κ2) is 8.44. The second-order valence-corrected chi connectivity index (χ2v) is 7.39. The fraction of sp³-hybridized carbons (Fsp3) is 0.217. The van der Waals surface area contributed by atoms with Gasteiger partial charge in [-0.05, 0) is 18.2 Å². The highest BCUT2D eigenvalue weighted by Crippen LogP contribution is 2.26. The fourth-order valence-electron chi connectivity index (χ4n) is 3.58. The normalized spacial score (nSPS) is 14.2. The summed E-state index contributed by atoms with van der Waals surface area (Å²) < 4.78 is 2.06. The zero-order chi connectivity index (χ0) is 19.3. The Morgan fingerprint density at radius 2 is 1.61 bits per heavy atom. The standard InChI is InChI=1S/C23H23ClN3O/c24-21-10-4-5-11-22(21)26-13-15-27(16-14-26)23(28)20-9-6-12-25(18-20)17-19-7-2-1-3-8-19/h1-12,18H,13-17H2/q+1. The highest BCUT2D eigenvalue weighted by Gasteiger charge is 2.24. The van der Waals surface area contributed by atoms with E-state index in [1.165, 1.54) is 5.56 Å². The molecule has 0 bridgehead atoms. The Balaban J connectivity index is 1.41. The lowest BCUT2D eigenvalue weighted by Gasteiger charge is -2.36. The Morgan fingerprint density at radius 3 is 2.36 bits per heavy atom. The van der Waals surface area contributed by atoms with Gasteiger partial charge in [-0.2, -0.15) is 4.57 Å². The fourth-order valence-corrected chi connectivity index (χ4v) is 3.84. The van der Waals surface area contributed by atoms with Crippen molar-refractivity contribution >= 4 is 23.2 Å². The van der Waals surface area contributed by atoms with Crippen LogP contribution in [0.4, 0.5) is 5.69 Å². The molecular formula is C23H23ClN3O+. The van der Waals surface area contributed by atoms with E-state index in [-0.39, 0.29) is 5.91 Å². The number of hydrogen-bond acceptors (Lipinski definition) is 2. The zero-order valence-electron chi connectivity index (χ0n) is 15.7. The van der Waals surface area contributed by atoms with Crippen LogP contribution in [-0.4, -0.2) is 37.0 Å². The van der Waals surface area contributed by atoms with Crippen molar-refractivity contribution in [2.24, 2.45) is 0 Å². The van der Waals surface area contributed by atoms with E-state index >= 15 is 0 Å². The van der Waals surface area contributed by atoms with Gasteiger partial charge in [0.15, 0.2) is 18.9 Å². The maximum atomic E-state index is 13.0. The number of carbonyl (C=O) groups excluding carboxylic acids is 1. The minimum atomic E-state index is 0.0845. The SMILES string of the molecule is O=C(c1ccc[n+](Cc2ccccc2)c1)N1CCN(c2ccccc2Cl)CC1. The first-order valence-electron chi connectivity index (χ1n) is 9.52. The number of amides is 1. The van der Waals surface area contributed by atoms with Crippen LogP contribution in [-0.2, 0) is 6.54 Å². The third-order valence-electron chi connectivity index (χ3n) is 5.07. The van der Waals surface area contributed by atoms with Crippen molar-refractivity contribution in [2.45, 2.75) is 6.54 Å². The number of aromatic nitrogens is 1. The van der Waals surface area contributed by atoms with E-state index in [9.17, 15) is 4.79 Å². The molecule has 1 aliphatic rings. The molecule has 0 saturated carbocycles. The molecule has 2 heterocycles. The summed E-state index contributed by atoms with van der Waals surface area (Å²) in [7, 11) is 0. The zero-order valence-corrected chi connectivity index (χ0v) is 16.4. The molecule has 0 atom stereocenters. The van der Waals surface area contributed by atoms with Gasteiger partial charge in [0.2, 0.25) is 0 Å². The van der Waals surface area contributed by atoms with Crippen LogP contribution in [0.2, 0.25) is 5.02 Å². The summed E-state index contributed by atoms with van der Waals surface area (Å²) in [5, 5.41) is 0.757. The van der Waals surface area contributed by atoms with E-state index in [1.807, 2.05) is 71.9 Å². The smallest absolute Gasteiger partial charge is 0.260 e. The van der Waals surface area contributed by atoms with Crippen LogP contribution in [0.15, 0.2) is 79.1 Å². The van der Waals surface area contributed by atoms with Crippen LogP contribution >= 0.6 is 11.6 Å². The average Bonchev–Trinajstić information content (AvgIpc) is 2.75. The minimum absolute atomic E-state index is 0.0845. The Hall–Kier alpha value is -2.85. The largest absolute Gasteiger partial charge is 0.367 e. The van der Waals surface area contributed by atoms with E-state index in [0.29, 0.717) is 13.1 Å². The molecule has 1 amide bonds. The average molecular weight is 393 g/mol. The number of benzene rings is 2. The molecule has 28 heavy (non-hydrogen) atoms. The van der Waals surface area contributed by atoms with Crippen molar-refractivity contribution in [1.29, 1.82) is 0 Å². The lowest BCUT2D eigenvalue weighted by atomic mass is 10.2. The maximum absolute atomic E-state index is 13.0. The Labute approximate surface area is 170 Å². The van der Waals surface area contributed by atoms with Crippen LogP contribution < -0.4 is 9.47 Å². The van der Waals surface area contributed by atoms with E-state index in [2.05, 4.69) is 21.6 Å². The van der Waals surface area contributed by atoms with E-state index in [4.69, 9.17) is 11.6 Å². The van der Waals surface area contributed by atoms with Gasteiger partial charge >= 0.3 is 0 Å².